The number of rotatable bonds is 4. The molecule has 0 unspecified atom stereocenters. The van der Waals surface area contributed by atoms with Crippen molar-refractivity contribution in [1.29, 1.82) is 0 Å². The highest BCUT2D eigenvalue weighted by Gasteiger charge is 1.96. The second-order valence-corrected chi connectivity index (χ2v) is 2.77. The van der Waals surface area contributed by atoms with E-state index in [2.05, 4.69) is 18.5 Å². The van der Waals surface area contributed by atoms with E-state index in [4.69, 9.17) is 10.8 Å². The molecule has 0 rings (SSSR count). The number of aliphatic hydroxyl groups is 1. The van der Waals surface area contributed by atoms with Gasteiger partial charge in [-0.1, -0.05) is 13.2 Å². The minimum absolute atomic E-state index is 0.00665. The summed E-state index contributed by atoms with van der Waals surface area (Å²) in [6.45, 7) is 10.7. The largest absolute Gasteiger partial charge is 0.509 e. The summed E-state index contributed by atoms with van der Waals surface area (Å²) in [5.41, 5.74) is 7.63. The summed E-state index contributed by atoms with van der Waals surface area (Å²) in [7, 11) is 0. The minimum Gasteiger partial charge on any atom is -0.509 e. The first-order chi connectivity index (χ1) is 5.97. The van der Waals surface area contributed by atoms with Crippen LogP contribution in [0.1, 0.15) is 13.8 Å². The lowest BCUT2D eigenvalue weighted by Gasteiger charge is -2.09. The van der Waals surface area contributed by atoms with E-state index in [1.165, 1.54) is 12.3 Å². The van der Waals surface area contributed by atoms with Gasteiger partial charge in [0, 0.05) is 11.4 Å². The average Bonchev–Trinajstić information content (AvgIpc) is 2.01. The van der Waals surface area contributed by atoms with Gasteiger partial charge in [-0.05, 0) is 31.7 Å². The Morgan fingerprint density at radius 1 is 1.38 bits per heavy atom. The summed E-state index contributed by atoms with van der Waals surface area (Å²) in [6, 6.07) is 0. The highest BCUT2D eigenvalue weighted by atomic mass is 16.3. The molecule has 0 radical (unpaired) electrons. The van der Waals surface area contributed by atoms with Crippen molar-refractivity contribution in [3.05, 3.63) is 48.2 Å². The molecular weight excluding hydrogens is 164 g/mol. The van der Waals surface area contributed by atoms with Gasteiger partial charge in [0.1, 0.15) is 5.76 Å². The quantitative estimate of drug-likeness (QED) is 0.457. The van der Waals surface area contributed by atoms with Crippen LogP contribution in [-0.4, -0.2) is 5.11 Å². The van der Waals surface area contributed by atoms with Crippen molar-refractivity contribution < 1.29 is 5.11 Å². The maximum Gasteiger partial charge on any atom is 0.110 e. The minimum atomic E-state index is 0.00665. The molecule has 4 N–H and O–H groups in total. The predicted molar refractivity (Wildman–Crippen MR) is 55.7 cm³/mol. The van der Waals surface area contributed by atoms with Crippen LogP contribution in [0.25, 0.3) is 0 Å². The van der Waals surface area contributed by atoms with Crippen LogP contribution in [0.4, 0.5) is 0 Å². The lowest BCUT2D eigenvalue weighted by molar-refractivity contribution is 0.434. The van der Waals surface area contributed by atoms with Gasteiger partial charge in [-0.2, -0.15) is 0 Å². The Morgan fingerprint density at radius 2 is 1.92 bits per heavy atom. The molecule has 0 aromatic heterocycles. The first kappa shape index (κ1) is 11.4. The Bertz CT molecular complexity index is 275. The number of hydrogen-bond acceptors (Lipinski definition) is 3. The van der Waals surface area contributed by atoms with Gasteiger partial charge in [-0.15, -0.1) is 0 Å². The average molecular weight is 180 g/mol. The van der Waals surface area contributed by atoms with E-state index in [9.17, 15) is 0 Å². The maximum absolute atomic E-state index is 8.85. The van der Waals surface area contributed by atoms with Crippen LogP contribution < -0.4 is 11.1 Å². The normalized spacial score (nSPS) is 12.5. The molecule has 13 heavy (non-hydrogen) atoms. The Hall–Kier alpha value is -1.64. The van der Waals surface area contributed by atoms with E-state index in [0.29, 0.717) is 5.70 Å². The standard InChI is InChI=1S/C10H16N2O/c1-7(6-11)10(4)12-8(2)5-9(3)13/h5-6,12-13H,3-4,11H2,1-2H3/b7-6-,8-5-. The number of hydrogen-bond donors (Lipinski definition) is 3. The first-order valence-corrected chi connectivity index (χ1v) is 3.88. The predicted octanol–water partition coefficient (Wildman–Crippen LogP) is 1.93. The summed E-state index contributed by atoms with van der Waals surface area (Å²) in [4.78, 5) is 0. The third kappa shape index (κ3) is 4.74. The zero-order chi connectivity index (χ0) is 10.4. The molecule has 0 amide bonds. The molecule has 72 valence electrons. The fourth-order valence-electron chi connectivity index (χ4n) is 0.723. The third-order valence-corrected chi connectivity index (χ3v) is 1.46. The van der Waals surface area contributed by atoms with Crippen molar-refractivity contribution in [2.75, 3.05) is 0 Å². The zero-order valence-electron chi connectivity index (χ0n) is 8.09. The molecule has 0 bridgehead atoms. The van der Waals surface area contributed by atoms with Crippen LogP contribution in [0, 0.1) is 0 Å². The van der Waals surface area contributed by atoms with E-state index in [1.54, 1.807) is 6.92 Å². The Kier molecular flexibility index (Phi) is 4.44. The van der Waals surface area contributed by atoms with Gasteiger partial charge in [-0.25, -0.2) is 0 Å². The molecule has 0 heterocycles. The fourth-order valence-corrected chi connectivity index (χ4v) is 0.723. The molecule has 0 spiro atoms. The van der Waals surface area contributed by atoms with Crippen molar-refractivity contribution in [2.24, 2.45) is 5.73 Å². The monoisotopic (exact) mass is 180 g/mol. The molecule has 3 nitrogen and oxygen atoms in total. The van der Waals surface area contributed by atoms with E-state index in [0.717, 1.165) is 11.3 Å². The van der Waals surface area contributed by atoms with Crippen molar-refractivity contribution in [3.63, 3.8) is 0 Å². The zero-order valence-corrected chi connectivity index (χ0v) is 8.09. The molecule has 0 fully saturated rings. The molecule has 0 aromatic rings. The van der Waals surface area contributed by atoms with Crippen LogP contribution in [0.3, 0.4) is 0 Å². The molecule has 0 saturated carbocycles. The number of nitrogens with one attached hydrogen (secondary N) is 1. The second kappa shape index (κ2) is 5.09. The van der Waals surface area contributed by atoms with E-state index in [1.807, 2.05) is 6.92 Å². The van der Waals surface area contributed by atoms with Crippen LogP contribution in [0.15, 0.2) is 48.2 Å². The smallest absolute Gasteiger partial charge is 0.110 e. The SMILES string of the molecule is C=C(O)/C=C(/C)NC(=C)/C(C)=C\N. The van der Waals surface area contributed by atoms with Gasteiger partial charge < -0.3 is 16.2 Å². The Balaban J connectivity index is 4.31. The topological polar surface area (TPSA) is 58.3 Å². The number of allylic oxidation sites excluding steroid dienone is 3. The lowest BCUT2D eigenvalue weighted by atomic mass is 10.2. The van der Waals surface area contributed by atoms with E-state index in [-0.39, 0.29) is 5.76 Å². The Labute approximate surface area is 78.9 Å². The van der Waals surface area contributed by atoms with Gasteiger partial charge in [-0.3, -0.25) is 0 Å². The van der Waals surface area contributed by atoms with Crippen molar-refractivity contribution in [3.8, 4) is 0 Å². The van der Waals surface area contributed by atoms with Crippen LogP contribution in [0.2, 0.25) is 0 Å². The van der Waals surface area contributed by atoms with Crippen LogP contribution in [0.5, 0.6) is 0 Å². The summed E-state index contributed by atoms with van der Waals surface area (Å²) in [6.07, 6.45) is 2.98. The number of aliphatic hydroxyl groups excluding tert-OH is 1. The molecule has 0 saturated heterocycles. The Morgan fingerprint density at radius 3 is 2.31 bits per heavy atom. The summed E-state index contributed by atoms with van der Waals surface area (Å²) >= 11 is 0. The second-order valence-electron chi connectivity index (χ2n) is 2.77. The van der Waals surface area contributed by atoms with E-state index >= 15 is 0 Å². The highest BCUT2D eigenvalue weighted by molar-refractivity contribution is 5.28. The van der Waals surface area contributed by atoms with Gasteiger partial charge in [0.25, 0.3) is 0 Å². The van der Waals surface area contributed by atoms with Crippen molar-refractivity contribution >= 4 is 0 Å². The van der Waals surface area contributed by atoms with Gasteiger partial charge in [0.2, 0.25) is 0 Å². The van der Waals surface area contributed by atoms with Crippen LogP contribution in [-0.2, 0) is 0 Å². The molecule has 3 heteroatoms. The molecule has 0 aliphatic carbocycles. The maximum atomic E-state index is 8.85. The third-order valence-electron chi connectivity index (χ3n) is 1.46. The summed E-state index contributed by atoms with van der Waals surface area (Å²) < 4.78 is 0. The van der Waals surface area contributed by atoms with Crippen molar-refractivity contribution in [2.45, 2.75) is 13.8 Å². The van der Waals surface area contributed by atoms with Gasteiger partial charge >= 0.3 is 0 Å². The van der Waals surface area contributed by atoms with E-state index < -0.39 is 0 Å². The van der Waals surface area contributed by atoms with Gasteiger partial charge in [0.05, 0.1) is 0 Å². The van der Waals surface area contributed by atoms with Crippen LogP contribution >= 0.6 is 0 Å². The van der Waals surface area contributed by atoms with Crippen molar-refractivity contribution in [1.82, 2.24) is 5.32 Å². The highest BCUT2D eigenvalue weighted by Crippen LogP contribution is 2.04. The molecule has 0 aliphatic heterocycles. The summed E-state index contributed by atoms with van der Waals surface area (Å²) in [5.74, 6) is 0.00665. The molecule has 0 aromatic carbocycles. The molecule has 0 aliphatic rings. The first-order valence-electron chi connectivity index (χ1n) is 3.88. The molecule has 0 atom stereocenters. The lowest BCUT2D eigenvalue weighted by Crippen LogP contribution is -2.11. The number of nitrogens with two attached hydrogens (primary N) is 1. The summed E-state index contributed by atoms with van der Waals surface area (Å²) in [5, 5.41) is 11.8. The fraction of sp³-hybridized carbons (Fsp3) is 0.200. The van der Waals surface area contributed by atoms with Gasteiger partial charge in [0.15, 0.2) is 0 Å². The molecular formula is C10H16N2O.